The quantitative estimate of drug-likeness (QED) is 0.0199. The summed E-state index contributed by atoms with van der Waals surface area (Å²) in [4.78, 5) is 38.0. The minimum Gasteiger partial charge on any atom is -0.462 e. The van der Waals surface area contributed by atoms with Crippen LogP contribution >= 0.6 is 0 Å². The second kappa shape index (κ2) is 52.4. The van der Waals surface area contributed by atoms with Gasteiger partial charge in [-0.2, -0.15) is 0 Å². The number of esters is 3. The number of ether oxygens (including phenoxy) is 3. The van der Waals surface area contributed by atoms with Crippen LogP contribution in [0.4, 0.5) is 0 Å². The van der Waals surface area contributed by atoms with E-state index in [-0.39, 0.29) is 31.6 Å². The fraction of sp³-hybridized carbons (Fsp3) is 0.610. The van der Waals surface area contributed by atoms with E-state index >= 15 is 0 Å². The van der Waals surface area contributed by atoms with Crippen LogP contribution in [0.5, 0.6) is 0 Å². The summed E-state index contributed by atoms with van der Waals surface area (Å²) < 4.78 is 16.7. The van der Waals surface area contributed by atoms with E-state index in [4.69, 9.17) is 14.2 Å². The number of rotatable bonds is 45. The maximum Gasteiger partial charge on any atom is 0.306 e. The van der Waals surface area contributed by atoms with E-state index in [2.05, 4.69) is 130 Å². The van der Waals surface area contributed by atoms with Gasteiger partial charge in [0.15, 0.2) is 6.10 Å². The summed E-state index contributed by atoms with van der Waals surface area (Å²) >= 11 is 0. The number of carbonyl (C=O) groups excluding carboxylic acids is 3. The molecule has 0 spiro atoms. The number of hydrogen-bond acceptors (Lipinski definition) is 6. The van der Waals surface area contributed by atoms with Crippen LogP contribution in [0.2, 0.25) is 0 Å². The van der Waals surface area contributed by atoms with Crippen LogP contribution in [0.3, 0.4) is 0 Å². The van der Waals surface area contributed by atoms with Crippen LogP contribution in [0.1, 0.15) is 213 Å². The molecule has 1 atom stereocenters. The molecule has 0 aromatic rings. The van der Waals surface area contributed by atoms with E-state index < -0.39 is 12.1 Å². The normalized spacial score (nSPS) is 13.1. The molecule has 0 bridgehead atoms. The van der Waals surface area contributed by atoms with Crippen molar-refractivity contribution >= 4 is 17.9 Å². The topological polar surface area (TPSA) is 78.9 Å². The first-order valence-electron chi connectivity index (χ1n) is 26.1. The highest BCUT2D eigenvalue weighted by molar-refractivity contribution is 5.71. The van der Waals surface area contributed by atoms with Crippen molar-refractivity contribution in [2.75, 3.05) is 13.2 Å². The maximum atomic E-state index is 12.8. The van der Waals surface area contributed by atoms with Gasteiger partial charge >= 0.3 is 17.9 Å². The van der Waals surface area contributed by atoms with Gasteiger partial charge in [-0.1, -0.05) is 213 Å². The van der Waals surface area contributed by atoms with Crippen molar-refractivity contribution < 1.29 is 28.6 Å². The van der Waals surface area contributed by atoms with Crippen molar-refractivity contribution in [3.8, 4) is 0 Å². The molecule has 0 radical (unpaired) electrons. The van der Waals surface area contributed by atoms with Crippen LogP contribution in [0, 0.1) is 0 Å². The predicted octanol–water partition coefficient (Wildman–Crippen LogP) is 17.3. The average molecular weight is 899 g/mol. The number of hydrogen-bond donors (Lipinski definition) is 0. The molecule has 65 heavy (non-hydrogen) atoms. The van der Waals surface area contributed by atoms with Crippen molar-refractivity contribution in [2.24, 2.45) is 0 Å². The highest BCUT2D eigenvalue weighted by Crippen LogP contribution is 2.12. The minimum atomic E-state index is -0.836. The van der Waals surface area contributed by atoms with E-state index in [1.807, 2.05) is 12.2 Å². The standard InChI is InChI=1S/C59H94O6/c1-4-7-10-13-16-19-22-25-27-29-30-32-34-37-40-43-46-49-52-58(61)64-55-56(54-63-57(60)51-48-45-42-39-36-33-24-21-18-15-12-9-6-3)65-59(62)53-50-47-44-41-38-35-31-28-26-23-20-17-14-11-8-5-2/h8,11,16-17,19-20,22,25-30,32-33,35-36,38,44,47,56H,4-7,9-10,12-15,18,21,23-24,31,34,37,39-43,45-46,48-55H2,1-3H3/b11-8-,19-16-,20-17-,25-22-,28-26-,29-27-,32-30-,36-33-,38-35-,47-44-. The molecule has 0 aromatic heterocycles. The lowest BCUT2D eigenvalue weighted by molar-refractivity contribution is -0.166. The molecule has 1 unspecified atom stereocenters. The Balaban J connectivity index is 4.58. The lowest BCUT2D eigenvalue weighted by atomic mass is 10.1. The van der Waals surface area contributed by atoms with Crippen molar-refractivity contribution in [3.05, 3.63) is 122 Å². The minimum absolute atomic E-state index is 0.127. The van der Waals surface area contributed by atoms with Gasteiger partial charge in [-0.05, 0) is 103 Å². The Morgan fingerprint density at radius 2 is 0.692 bits per heavy atom. The van der Waals surface area contributed by atoms with Crippen molar-refractivity contribution in [1.82, 2.24) is 0 Å². The molecule has 0 fully saturated rings. The molecule has 0 rings (SSSR count). The summed E-state index contributed by atoms with van der Waals surface area (Å²) in [5.74, 6) is -1.06. The summed E-state index contributed by atoms with van der Waals surface area (Å²) in [5, 5.41) is 0. The zero-order valence-corrected chi connectivity index (χ0v) is 41.7. The molecule has 0 aliphatic heterocycles. The summed E-state index contributed by atoms with van der Waals surface area (Å²) in [7, 11) is 0. The molecule has 0 heterocycles. The molecule has 366 valence electrons. The third-order valence-electron chi connectivity index (χ3n) is 10.5. The largest absolute Gasteiger partial charge is 0.462 e. The lowest BCUT2D eigenvalue weighted by Gasteiger charge is -2.18. The first-order chi connectivity index (χ1) is 32.0. The van der Waals surface area contributed by atoms with Crippen LogP contribution in [0.15, 0.2) is 122 Å². The van der Waals surface area contributed by atoms with Gasteiger partial charge in [-0.15, -0.1) is 0 Å². The van der Waals surface area contributed by atoms with Crippen LogP contribution in [-0.2, 0) is 28.6 Å². The van der Waals surface area contributed by atoms with Gasteiger partial charge in [0.2, 0.25) is 0 Å². The molecule has 0 aliphatic rings. The maximum absolute atomic E-state index is 12.8. The van der Waals surface area contributed by atoms with Crippen LogP contribution in [-0.4, -0.2) is 37.2 Å². The van der Waals surface area contributed by atoms with Gasteiger partial charge in [0.1, 0.15) is 13.2 Å². The molecule has 6 heteroatoms. The zero-order valence-electron chi connectivity index (χ0n) is 41.7. The summed E-state index contributed by atoms with van der Waals surface area (Å²) in [6.45, 7) is 6.36. The molecular weight excluding hydrogens is 805 g/mol. The Kier molecular flexibility index (Phi) is 49.1. The lowest BCUT2D eigenvalue weighted by Crippen LogP contribution is -2.30. The molecule has 0 amide bonds. The van der Waals surface area contributed by atoms with Gasteiger partial charge in [-0.3, -0.25) is 14.4 Å². The molecule has 6 nitrogen and oxygen atoms in total. The predicted molar refractivity (Wildman–Crippen MR) is 279 cm³/mol. The van der Waals surface area contributed by atoms with Gasteiger partial charge in [-0.25, -0.2) is 0 Å². The van der Waals surface area contributed by atoms with Gasteiger partial charge in [0.05, 0.1) is 0 Å². The van der Waals surface area contributed by atoms with Crippen molar-refractivity contribution in [2.45, 2.75) is 219 Å². The van der Waals surface area contributed by atoms with Crippen molar-refractivity contribution in [3.63, 3.8) is 0 Å². The zero-order chi connectivity index (χ0) is 47.2. The smallest absolute Gasteiger partial charge is 0.306 e. The van der Waals surface area contributed by atoms with E-state index in [1.54, 1.807) is 0 Å². The first-order valence-corrected chi connectivity index (χ1v) is 26.1. The monoisotopic (exact) mass is 899 g/mol. The molecule has 0 saturated heterocycles. The second-order valence-electron chi connectivity index (χ2n) is 16.8. The van der Waals surface area contributed by atoms with Gasteiger partial charge in [0, 0.05) is 19.3 Å². The molecule has 0 aromatic carbocycles. The Labute approximate surface area is 399 Å². The highest BCUT2D eigenvalue weighted by Gasteiger charge is 2.19. The third kappa shape index (κ3) is 50.7. The Bertz CT molecular complexity index is 1400. The SMILES string of the molecule is CC/C=C\C/C=C\C/C=C\C/C=C\C/C=C\CCC(=O)OC(COC(=O)CCCCC/C=C\CCCCCCCC)COC(=O)CCCCCCC\C=C/C=C\C=C/C=C\CCCCC. The van der Waals surface area contributed by atoms with Crippen LogP contribution in [0.25, 0.3) is 0 Å². The summed E-state index contributed by atoms with van der Waals surface area (Å²) in [5.41, 5.74) is 0. The van der Waals surface area contributed by atoms with Gasteiger partial charge < -0.3 is 14.2 Å². The van der Waals surface area contributed by atoms with Crippen LogP contribution < -0.4 is 0 Å². The second-order valence-corrected chi connectivity index (χ2v) is 16.8. The fourth-order valence-corrected chi connectivity index (χ4v) is 6.61. The fourth-order valence-electron chi connectivity index (χ4n) is 6.61. The van der Waals surface area contributed by atoms with Crippen molar-refractivity contribution in [1.29, 1.82) is 0 Å². The molecule has 0 aliphatic carbocycles. The Morgan fingerprint density at radius 1 is 0.338 bits per heavy atom. The molecule has 0 saturated carbocycles. The first kappa shape index (κ1) is 60.8. The van der Waals surface area contributed by atoms with E-state index in [0.29, 0.717) is 19.3 Å². The summed E-state index contributed by atoms with van der Waals surface area (Å²) in [6, 6.07) is 0. The Morgan fingerprint density at radius 3 is 1.18 bits per heavy atom. The third-order valence-corrected chi connectivity index (χ3v) is 10.5. The van der Waals surface area contributed by atoms with E-state index in [1.165, 1.54) is 57.8 Å². The number of allylic oxidation sites excluding steroid dienone is 20. The Hall–Kier alpha value is -4.19. The molecular formula is C59H94O6. The van der Waals surface area contributed by atoms with Gasteiger partial charge in [0.25, 0.3) is 0 Å². The van der Waals surface area contributed by atoms with E-state index in [9.17, 15) is 14.4 Å². The number of unbranched alkanes of at least 4 members (excludes halogenated alkanes) is 17. The summed E-state index contributed by atoms with van der Waals surface area (Å²) in [6.07, 6.45) is 71.9. The van der Waals surface area contributed by atoms with E-state index in [0.717, 1.165) is 109 Å². The average Bonchev–Trinajstić information content (AvgIpc) is 3.30. The highest BCUT2D eigenvalue weighted by atomic mass is 16.6. The molecule has 0 N–H and O–H groups in total. The number of carbonyl (C=O) groups is 3.